The molecule has 0 spiro atoms. The van der Waals surface area contributed by atoms with Crippen LogP contribution in [0.15, 0.2) is 5.38 Å². The van der Waals surface area contributed by atoms with Crippen molar-refractivity contribution in [2.75, 3.05) is 11.9 Å². The van der Waals surface area contributed by atoms with E-state index in [1.165, 1.54) is 11.3 Å². The predicted octanol–water partition coefficient (Wildman–Crippen LogP) is 3.54. The Hall–Kier alpha value is -1.56. The van der Waals surface area contributed by atoms with Crippen molar-refractivity contribution in [3.63, 3.8) is 0 Å². The smallest absolute Gasteiger partial charge is 0.341 e. The molecule has 0 atom stereocenters. The Balaban J connectivity index is 2.83. The van der Waals surface area contributed by atoms with Crippen LogP contribution in [0.4, 0.5) is 9.80 Å². The van der Waals surface area contributed by atoms with Crippen molar-refractivity contribution in [2.24, 2.45) is 0 Å². The van der Waals surface area contributed by atoms with E-state index < -0.39 is 5.97 Å². The Kier molecular flexibility index (Phi) is 5.56. The zero-order chi connectivity index (χ0) is 15.3. The summed E-state index contributed by atoms with van der Waals surface area (Å²) >= 11 is 1.32. The summed E-state index contributed by atoms with van der Waals surface area (Å²) in [4.78, 5) is 23.8. The highest BCUT2D eigenvalue weighted by Crippen LogP contribution is 2.28. The highest BCUT2D eigenvalue weighted by Gasteiger charge is 2.22. The monoisotopic (exact) mass is 298 g/mol. The molecule has 0 radical (unpaired) electrons. The van der Waals surface area contributed by atoms with Crippen LogP contribution in [0.2, 0.25) is 0 Å². The molecule has 0 aliphatic heterocycles. The Morgan fingerprint density at radius 1 is 1.35 bits per heavy atom. The molecule has 0 unspecified atom stereocenters. The van der Waals surface area contributed by atoms with Gasteiger partial charge in [-0.2, -0.15) is 0 Å². The average Bonchev–Trinajstić information content (AvgIpc) is 2.70. The maximum atomic E-state index is 12.0. The van der Waals surface area contributed by atoms with Gasteiger partial charge in [-0.1, -0.05) is 6.92 Å². The van der Waals surface area contributed by atoms with E-state index in [2.05, 4.69) is 10.6 Å². The fourth-order valence-electron chi connectivity index (χ4n) is 1.52. The Bertz CT molecular complexity index is 495. The molecule has 0 saturated carbocycles. The number of esters is 1. The van der Waals surface area contributed by atoms with Crippen molar-refractivity contribution in [2.45, 2.75) is 46.6 Å². The number of anilines is 1. The van der Waals surface area contributed by atoms with Crippen molar-refractivity contribution in [3.05, 3.63) is 16.5 Å². The highest BCUT2D eigenvalue weighted by atomic mass is 32.1. The van der Waals surface area contributed by atoms with Gasteiger partial charge in [0, 0.05) is 5.54 Å². The molecular weight excluding hydrogens is 276 g/mol. The third-order valence-corrected chi connectivity index (χ3v) is 4.03. The molecule has 1 rings (SSSR count). The third-order valence-electron chi connectivity index (χ3n) is 3.02. The maximum Gasteiger partial charge on any atom is 0.341 e. The first-order valence-corrected chi connectivity index (χ1v) is 7.53. The molecule has 0 aliphatic rings. The first kappa shape index (κ1) is 16.5. The third kappa shape index (κ3) is 4.23. The van der Waals surface area contributed by atoms with Crippen LogP contribution in [0.1, 0.15) is 50.0 Å². The normalized spacial score (nSPS) is 11.1. The summed E-state index contributed by atoms with van der Waals surface area (Å²) in [6.07, 6.45) is 0.814. The number of urea groups is 1. The summed E-state index contributed by atoms with van der Waals surface area (Å²) in [7, 11) is 0. The summed E-state index contributed by atoms with van der Waals surface area (Å²) in [6.45, 7) is 9.77. The number of nitrogens with one attached hydrogen (secondary N) is 2. The summed E-state index contributed by atoms with van der Waals surface area (Å²) in [5, 5.41) is 7.94. The molecule has 6 heteroatoms. The van der Waals surface area contributed by atoms with E-state index in [1.807, 2.05) is 33.1 Å². The van der Waals surface area contributed by atoms with Gasteiger partial charge in [-0.25, -0.2) is 9.59 Å². The van der Waals surface area contributed by atoms with E-state index in [-0.39, 0.29) is 11.6 Å². The number of carbonyl (C=O) groups excluding carboxylic acids is 2. The minimum atomic E-state index is -0.406. The van der Waals surface area contributed by atoms with Crippen LogP contribution in [0.5, 0.6) is 0 Å². The molecule has 0 saturated heterocycles. The molecule has 0 fully saturated rings. The SMILES string of the molecule is CCOC(=O)c1c(C)csc1NC(=O)NC(C)(C)CC. The zero-order valence-electron chi connectivity index (χ0n) is 12.6. The van der Waals surface area contributed by atoms with Crippen LogP contribution in [0.25, 0.3) is 0 Å². The van der Waals surface area contributed by atoms with E-state index in [0.29, 0.717) is 17.2 Å². The average molecular weight is 298 g/mol. The molecule has 1 aromatic heterocycles. The second-order valence-electron chi connectivity index (χ2n) is 5.16. The van der Waals surface area contributed by atoms with Gasteiger partial charge in [0.05, 0.1) is 12.2 Å². The van der Waals surface area contributed by atoms with E-state index in [0.717, 1.165) is 12.0 Å². The van der Waals surface area contributed by atoms with Gasteiger partial charge >= 0.3 is 12.0 Å². The number of carbonyl (C=O) groups is 2. The molecule has 0 aliphatic carbocycles. The molecule has 20 heavy (non-hydrogen) atoms. The molecular formula is C14H22N2O3S. The van der Waals surface area contributed by atoms with E-state index in [9.17, 15) is 9.59 Å². The lowest BCUT2D eigenvalue weighted by Crippen LogP contribution is -2.45. The number of rotatable bonds is 5. The van der Waals surface area contributed by atoms with Crippen molar-refractivity contribution in [1.82, 2.24) is 5.32 Å². The Morgan fingerprint density at radius 3 is 2.55 bits per heavy atom. The topological polar surface area (TPSA) is 67.4 Å². The number of amides is 2. The summed E-state index contributed by atoms with van der Waals surface area (Å²) < 4.78 is 5.01. The Labute approximate surface area is 123 Å². The quantitative estimate of drug-likeness (QED) is 0.817. The number of hydrogen-bond donors (Lipinski definition) is 2. The van der Waals surface area contributed by atoms with Gasteiger partial charge in [0.2, 0.25) is 0 Å². The van der Waals surface area contributed by atoms with E-state index in [4.69, 9.17) is 4.74 Å². The van der Waals surface area contributed by atoms with Gasteiger partial charge in [-0.15, -0.1) is 11.3 Å². The van der Waals surface area contributed by atoms with Crippen molar-refractivity contribution in [3.8, 4) is 0 Å². The van der Waals surface area contributed by atoms with Crippen LogP contribution >= 0.6 is 11.3 Å². The van der Waals surface area contributed by atoms with Gasteiger partial charge in [0.1, 0.15) is 5.00 Å². The molecule has 1 heterocycles. The summed E-state index contributed by atoms with van der Waals surface area (Å²) in [5.74, 6) is -0.406. The van der Waals surface area contributed by atoms with Crippen molar-refractivity contribution < 1.29 is 14.3 Å². The van der Waals surface area contributed by atoms with Gasteiger partial charge < -0.3 is 10.1 Å². The maximum absolute atomic E-state index is 12.0. The van der Waals surface area contributed by atoms with Gasteiger partial charge in [-0.05, 0) is 45.1 Å². The molecule has 2 amide bonds. The van der Waals surface area contributed by atoms with Crippen LogP contribution < -0.4 is 10.6 Å². The molecule has 1 aromatic rings. The number of ether oxygens (including phenoxy) is 1. The number of thiophene rings is 1. The lowest BCUT2D eigenvalue weighted by atomic mass is 10.0. The van der Waals surface area contributed by atoms with Gasteiger partial charge in [0.15, 0.2) is 0 Å². The highest BCUT2D eigenvalue weighted by molar-refractivity contribution is 7.15. The lowest BCUT2D eigenvalue weighted by molar-refractivity contribution is 0.0527. The fraction of sp³-hybridized carbons (Fsp3) is 0.571. The number of hydrogen-bond acceptors (Lipinski definition) is 4. The summed E-state index contributed by atoms with van der Waals surface area (Å²) in [5.41, 5.74) is 0.945. The summed E-state index contributed by atoms with van der Waals surface area (Å²) in [6, 6.07) is -0.316. The second kappa shape index (κ2) is 6.74. The van der Waals surface area contributed by atoms with Crippen LogP contribution in [-0.4, -0.2) is 24.1 Å². The van der Waals surface area contributed by atoms with Crippen molar-refractivity contribution >= 4 is 28.3 Å². The van der Waals surface area contributed by atoms with Crippen LogP contribution in [0, 0.1) is 6.92 Å². The van der Waals surface area contributed by atoms with Gasteiger partial charge in [-0.3, -0.25) is 5.32 Å². The van der Waals surface area contributed by atoms with E-state index in [1.54, 1.807) is 6.92 Å². The fourth-order valence-corrected chi connectivity index (χ4v) is 2.45. The first-order valence-electron chi connectivity index (χ1n) is 6.65. The largest absolute Gasteiger partial charge is 0.462 e. The predicted molar refractivity (Wildman–Crippen MR) is 81.5 cm³/mol. The molecule has 2 N–H and O–H groups in total. The second-order valence-corrected chi connectivity index (χ2v) is 6.04. The molecule has 5 nitrogen and oxygen atoms in total. The standard InChI is InChI=1S/C14H22N2O3S/c1-6-14(4,5)16-13(18)15-11-10(9(3)8-20-11)12(17)19-7-2/h8H,6-7H2,1-5H3,(H2,15,16,18). The van der Waals surface area contributed by atoms with Crippen LogP contribution in [0.3, 0.4) is 0 Å². The minimum Gasteiger partial charge on any atom is -0.462 e. The van der Waals surface area contributed by atoms with Crippen LogP contribution in [-0.2, 0) is 4.74 Å². The molecule has 0 aromatic carbocycles. The first-order chi connectivity index (χ1) is 9.30. The zero-order valence-corrected chi connectivity index (χ0v) is 13.4. The minimum absolute atomic E-state index is 0.291. The molecule has 0 bridgehead atoms. The van der Waals surface area contributed by atoms with E-state index >= 15 is 0 Å². The van der Waals surface area contributed by atoms with Crippen molar-refractivity contribution in [1.29, 1.82) is 0 Å². The lowest BCUT2D eigenvalue weighted by Gasteiger charge is -2.24. The number of aryl methyl sites for hydroxylation is 1. The Morgan fingerprint density at radius 2 is 2.00 bits per heavy atom. The molecule has 112 valence electrons. The van der Waals surface area contributed by atoms with Gasteiger partial charge in [0.25, 0.3) is 0 Å².